The highest BCUT2D eigenvalue weighted by Gasteiger charge is 2.29. The fraction of sp³-hybridized carbons (Fsp3) is 0.462. The molecule has 0 heterocycles. The number of benzene rings is 1. The lowest BCUT2D eigenvalue weighted by Crippen LogP contribution is -2.22. The van der Waals surface area contributed by atoms with Gasteiger partial charge < -0.3 is 10.8 Å². The highest BCUT2D eigenvalue weighted by atomic mass is 19.1. The van der Waals surface area contributed by atoms with Crippen LogP contribution in [0.25, 0.3) is 0 Å². The molecule has 0 bridgehead atoms. The second-order valence-electron chi connectivity index (χ2n) is 5.17. The molecule has 0 aromatic heterocycles. The standard InChI is InChI=1S/C13H17F2NO2/c1-13(2,3)10-8(12(17)18)6-9(14)7(4-5-16)11(10)15/h6H,4-5,16H2,1-3H3,(H,17,18). The van der Waals surface area contributed by atoms with E-state index in [-0.39, 0.29) is 29.7 Å². The molecule has 1 aromatic rings. The average Bonchev–Trinajstić information content (AvgIpc) is 2.21. The lowest BCUT2D eigenvalue weighted by Gasteiger charge is -2.24. The Kier molecular flexibility index (Phi) is 4.06. The minimum Gasteiger partial charge on any atom is -0.478 e. The molecule has 0 atom stereocenters. The number of rotatable bonds is 3. The van der Waals surface area contributed by atoms with Gasteiger partial charge in [-0.25, -0.2) is 13.6 Å². The first kappa shape index (κ1) is 14.6. The molecule has 0 spiro atoms. The third kappa shape index (κ3) is 2.67. The Morgan fingerprint density at radius 2 is 1.94 bits per heavy atom. The van der Waals surface area contributed by atoms with Gasteiger partial charge in [0.1, 0.15) is 11.6 Å². The zero-order valence-electron chi connectivity index (χ0n) is 10.7. The molecule has 1 aromatic carbocycles. The Morgan fingerprint density at radius 3 is 2.33 bits per heavy atom. The topological polar surface area (TPSA) is 63.3 Å². The monoisotopic (exact) mass is 257 g/mol. The van der Waals surface area contributed by atoms with Crippen LogP contribution in [0.2, 0.25) is 0 Å². The number of carboxylic acids is 1. The van der Waals surface area contributed by atoms with E-state index in [0.717, 1.165) is 6.07 Å². The van der Waals surface area contributed by atoms with Crippen LogP contribution in [-0.2, 0) is 11.8 Å². The minimum atomic E-state index is -1.34. The van der Waals surface area contributed by atoms with Crippen LogP contribution in [0.1, 0.15) is 42.3 Å². The van der Waals surface area contributed by atoms with Gasteiger partial charge in [0.2, 0.25) is 0 Å². The van der Waals surface area contributed by atoms with E-state index < -0.39 is 23.0 Å². The number of hydrogen-bond donors (Lipinski definition) is 2. The molecule has 3 N–H and O–H groups in total. The van der Waals surface area contributed by atoms with Crippen LogP contribution in [0, 0.1) is 11.6 Å². The van der Waals surface area contributed by atoms with Gasteiger partial charge in [0, 0.05) is 11.1 Å². The fourth-order valence-corrected chi connectivity index (χ4v) is 1.94. The highest BCUT2D eigenvalue weighted by molar-refractivity contribution is 5.90. The van der Waals surface area contributed by atoms with Gasteiger partial charge in [0.15, 0.2) is 0 Å². The summed E-state index contributed by atoms with van der Waals surface area (Å²) in [7, 11) is 0. The first-order valence-electron chi connectivity index (χ1n) is 5.64. The third-order valence-electron chi connectivity index (χ3n) is 2.69. The second-order valence-corrected chi connectivity index (χ2v) is 5.17. The Bertz CT molecular complexity index is 479. The molecule has 5 heteroatoms. The maximum absolute atomic E-state index is 14.3. The van der Waals surface area contributed by atoms with Crippen LogP contribution in [0.3, 0.4) is 0 Å². The molecular formula is C13H17F2NO2. The molecule has 3 nitrogen and oxygen atoms in total. The quantitative estimate of drug-likeness (QED) is 0.874. The smallest absolute Gasteiger partial charge is 0.336 e. The van der Waals surface area contributed by atoms with Crippen molar-refractivity contribution in [3.8, 4) is 0 Å². The van der Waals surface area contributed by atoms with Crippen LogP contribution in [-0.4, -0.2) is 17.6 Å². The minimum absolute atomic E-state index is 0.0138. The fourth-order valence-electron chi connectivity index (χ4n) is 1.94. The van der Waals surface area contributed by atoms with Crippen molar-refractivity contribution >= 4 is 5.97 Å². The molecule has 1 rings (SSSR count). The van der Waals surface area contributed by atoms with E-state index in [1.165, 1.54) is 0 Å². The normalized spacial score (nSPS) is 11.7. The van der Waals surface area contributed by atoms with E-state index in [2.05, 4.69) is 0 Å². The summed E-state index contributed by atoms with van der Waals surface area (Å²) in [6.07, 6.45) is 0.0423. The van der Waals surface area contributed by atoms with Gasteiger partial charge >= 0.3 is 5.97 Å². The molecule has 0 fully saturated rings. The van der Waals surface area contributed by atoms with E-state index in [1.807, 2.05) is 0 Å². The average molecular weight is 257 g/mol. The molecular weight excluding hydrogens is 240 g/mol. The number of carboxylic acid groups (broad SMARTS) is 1. The molecule has 0 unspecified atom stereocenters. The molecule has 100 valence electrons. The number of nitrogens with two attached hydrogens (primary N) is 1. The largest absolute Gasteiger partial charge is 0.478 e. The van der Waals surface area contributed by atoms with Crippen LogP contribution in [0.4, 0.5) is 8.78 Å². The van der Waals surface area contributed by atoms with Crippen molar-refractivity contribution in [2.45, 2.75) is 32.6 Å². The van der Waals surface area contributed by atoms with Crippen molar-refractivity contribution < 1.29 is 18.7 Å². The van der Waals surface area contributed by atoms with Crippen LogP contribution < -0.4 is 5.73 Å². The zero-order valence-corrected chi connectivity index (χ0v) is 10.7. The molecule has 0 aliphatic carbocycles. The summed E-state index contributed by atoms with van der Waals surface area (Å²) in [5, 5.41) is 9.04. The van der Waals surface area contributed by atoms with Gasteiger partial charge in [0.05, 0.1) is 5.56 Å². The van der Waals surface area contributed by atoms with Crippen LogP contribution in [0.15, 0.2) is 6.07 Å². The first-order valence-corrected chi connectivity index (χ1v) is 5.64. The van der Waals surface area contributed by atoms with Gasteiger partial charge in [-0.15, -0.1) is 0 Å². The third-order valence-corrected chi connectivity index (χ3v) is 2.69. The highest BCUT2D eigenvalue weighted by Crippen LogP contribution is 2.32. The predicted octanol–water partition coefficient (Wildman–Crippen LogP) is 2.46. The zero-order chi connectivity index (χ0) is 14.1. The van der Waals surface area contributed by atoms with Gasteiger partial charge in [-0.2, -0.15) is 0 Å². The Morgan fingerprint density at radius 1 is 1.39 bits per heavy atom. The molecule has 0 aliphatic heterocycles. The lowest BCUT2D eigenvalue weighted by molar-refractivity contribution is 0.0692. The number of carbonyl (C=O) groups is 1. The number of halogens is 2. The molecule has 0 aliphatic rings. The molecule has 0 saturated heterocycles. The van der Waals surface area contributed by atoms with E-state index in [9.17, 15) is 13.6 Å². The van der Waals surface area contributed by atoms with Crippen LogP contribution >= 0.6 is 0 Å². The second kappa shape index (κ2) is 5.02. The van der Waals surface area contributed by atoms with Crippen molar-refractivity contribution in [3.63, 3.8) is 0 Å². The van der Waals surface area contributed by atoms with Gasteiger partial charge in [-0.05, 0) is 24.4 Å². The molecule has 0 amide bonds. The predicted molar refractivity (Wildman–Crippen MR) is 64.8 cm³/mol. The Balaban J connectivity index is 3.63. The molecule has 18 heavy (non-hydrogen) atoms. The maximum atomic E-state index is 14.3. The van der Waals surface area contributed by atoms with Crippen molar-refractivity contribution in [1.29, 1.82) is 0 Å². The van der Waals surface area contributed by atoms with Crippen molar-refractivity contribution in [2.24, 2.45) is 5.73 Å². The van der Waals surface area contributed by atoms with Gasteiger partial charge in [-0.1, -0.05) is 20.8 Å². The number of aromatic carboxylic acids is 1. The van der Waals surface area contributed by atoms with E-state index in [0.29, 0.717) is 0 Å². The summed E-state index contributed by atoms with van der Waals surface area (Å²) in [5.74, 6) is -2.99. The summed E-state index contributed by atoms with van der Waals surface area (Å²) < 4.78 is 27.9. The molecule has 0 radical (unpaired) electrons. The summed E-state index contributed by atoms with van der Waals surface area (Å²) >= 11 is 0. The summed E-state index contributed by atoms with van der Waals surface area (Å²) in [6, 6.07) is 0.872. The van der Waals surface area contributed by atoms with E-state index in [4.69, 9.17) is 10.8 Å². The lowest BCUT2D eigenvalue weighted by atomic mass is 9.81. The summed E-state index contributed by atoms with van der Waals surface area (Å²) in [4.78, 5) is 11.1. The van der Waals surface area contributed by atoms with Crippen molar-refractivity contribution in [1.82, 2.24) is 0 Å². The van der Waals surface area contributed by atoms with Crippen molar-refractivity contribution in [3.05, 3.63) is 34.4 Å². The van der Waals surface area contributed by atoms with E-state index in [1.54, 1.807) is 20.8 Å². The first-order chi connectivity index (χ1) is 8.20. The van der Waals surface area contributed by atoms with Crippen molar-refractivity contribution in [2.75, 3.05) is 6.54 Å². The number of hydrogen-bond acceptors (Lipinski definition) is 2. The Labute approximate surface area is 105 Å². The SMILES string of the molecule is CC(C)(C)c1c(C(=O)O)cc(F)c(CCN)c1F. The maximum Gasteiger partial charge on any atom is 0.336 e. The summed E-state index contributed by atoms with van der Waals surface area (Å²) in [5.41, 5.74) is 4.11. The van der Waals surface area contributed by atoms with Crippen LogP contribution in [0.5, 0.6) is 0 Å². The molecule has 0 saturated carbocycles. The van der Waals surface area contributed by atoms with E-state index >= 15 is 0 Å². The van der Waals surface area contributed by atoms with Gasteiger partial charge in [-0.3, -0.25) is 0 Å². The Hall–Kier alpha value is -1.49. The van der Waals surface area contributed by atoms with Gasteiger partial charge in [0.25, 0.3) is 0 Å². The summed E-state index contributed by atoms with van der Waals surface area (Å²) in [6.45, 7) is 5.15.